The minimum Gasteiger partial charge on any atom is -0.462 e. The maximum absolute atomic E-state index is 13.1. The first-order valence-corrected chi connectivity index (χ1v) is 43.5. The number of hydrogen-bond acceptors (Lipinski definition) is 15. The van der Waals surface area contributed by atoms with Crippen LogP contribution in [0, 0.1) is 11.8 Å². The van der Waals surface area contributed by atoms with E-state index in [1.165, 1.54) is 225 Å². The molecule has 0 aromatic carbocycles. The molecule has 19 heteroatoms. The molecule has 0 aliphatic heterocycles. The van der Waals surface area contributed by atoms with Crippen LogP contribution in [0.5, 0.6) is 0 Å². The summed E-state index contributed by atoms with van der Waals surface area (Å²) in [6.07, 6.45) is 58.1. The Morgan fingerprint density at radius 2 is 0.474 bits per heavy atom. The molecule has 17 nitrogen and oxygen atoms in total. The summed E-state index contributed by atoms with van der Waals surface area (Å²) in [6, 6.07) is 0. The highest BCUT2D eigenvalue weighted by Crippen LogP contribution is 2.45. The zero-order valence-corrected chi connectivity index (χ0v) is 65.2. The highest BCUT2D eigenvalue weighted by Gasteiger charge is 2.30. The second-order valence-electron chi connectivity index (χ2n) is 29.1. The van der Waals surface area contributed by atoms with Crippen LogP contribution < -0.4 is 0 Å². The third kappa shape index (κ3) is 72.2. The van der Waals surface area contributed by atoms with Crippen LogP contribution in [0.15, 0.2) is 0 Å². The number of carbonyl (C=O) groups excluding carboxylic acids is 4. The molecule has 0 saturated heterocycles. The van der Waals surface area contributed by atoms with Gasteiger partial charge in [-0.3, -0.25) is 37.3 Å². The first kappa shape index (κ1) is 95.1. The third-order valence-electron chi connectivity index (χ3n) is 18.2. The normalized spacial score (nSPS) is 14.0. The molecule has 5 atom stereocenters. The molecule has 0 amide bonds. The van der Waals surface area contributed by atoms with Crippen molar-refractivity contribution in [1.29, 1.82) is 0 Å². The Bertz CT molecular complexity index is 1870. The molecule has 0 rings (SSSR count). The van der Waals surface area contributed by atoms with E-state index < -0.39 is 97.5 Å². The van der Waals surface area contributed by atoms with Gasteiger partial charge in [-0.15, -0.1) is 0 Å². The van der Waals surface area contributed by atoms with E-state index in [2.05, 4.69) is 41.5 Å². The smallest absolute Gasteiger partial charge is 0.462 e. The summed E-state index contributed by atoms with van der Waals surface area (Å²) in [7, 11) is -9.92. The van der Waals surface area contributed by atoms with Crippen molar-refractivity contribution in [2.45, 2.75) is 426 Å². The van der Waals surface area contributed by atoms with Crippen molar-refractivity contribution in [2.75, 3.05) is 39.6 Å². The number of unbranched alkanes of at least 4 members (excludes halogenated alkanes) is 47. The van der Waals surface area contributed by atoms with Gasteiger partial charge in [-0.05, 0) is 37.5 Å². The molecular weight excluding hydrogens is 1270 g/mol. The number of aliphatic hydroxyl groups excluding tert-OH is 1. The summed E-state index contributed by atoms with van der Waals surface area (Å²) in [5.74, 6) is -0.595. The lowest BCUT2D eigenvalue weighted by atomic mass is 10.0. The van der Waals surface area contributed by atoms with Gasteiger partial charge in [-0.1, -0.05) is 356 Å². The fourth-order valence-corrected chi connectivity index (χ4v) is 13.6. The molecule has 0 fully saturated rings. The van der Waals surface area contributed by atoms with E-state index in [-0.39, 0.29) is 25.7 Å². The standard InChI is InChI=1S/C78H152O17P2/c1-7-9-11-13-15-17-19-21-23-24-25-27-31-38-45-51-57-63-78(83)94-73(66-88-75(80)60-54-48-42-36-32-28-29-34-40-46-52-58-70(3)4)68-92-96(84,85)90-64-72(79)65-91-97(86,87)93-69-74(67-89-76(81)61-55-49-43-39-33-35-41-47-53-59-71(5)6)95-77(82)62-56-50-44-37-30-26-22-20-18-16-14-12-10-8-2/h70-74,79H,7-69H2,1-6H3,(H,84,85)(H,86,87)/t72-,73-,74-/m1/s1. The molecule has 0 aromatic heterocycles. The summed E-state index contributed by atoms with van der Waals surface area (Å²) in [6.45, 7) is 9.61. The molecule has 0 aliphatic carbocycles. The Labute approximate surface area is 594 Å². The minimum absolute atomic E-state index is 0.108. The van der Waals surface area contributed by atoms with E-state index >= 15 is 0 Å². The lowest BCUT2D eigenvalue weighted by Crippen LogP contribution is -2.30. The fraction of sp³-hybridized carbons (Fsp3) is 0.949. The number of phosphoric ester groups is 2. The largest absolute Gasteiger partial charge is 0.472 e. The number of ether oxygens (including phenoxy) is 4. The molecule has 576 valence electrons. The molecule has 0 spiro atoms. The van der Waals surface area contributed by atoms with E-state index in [1.807, 2.05) is 0 Å². The van der Waals surface area contributed by atoms with Crippen molar-refractivity contribution in [2.24, 2.45) is 11.8 Å². The van der Waals surface area contributed by atoms with Crippen molar-refractivity contribution in [3.63, 3.8) is 0 Å². The zero-order chi connectivity index (χ0) is 71.4. The lowest BCUT2D eigenvalue weighted by Gasteiger charge is -2.21. The summed E-state index contributed by atoms with van der Waals surface area (Å²) >= 11 is 0. The maximum atomic E-state index is 13.1. The van der Waals surface area contributed by atoms with Crippen molar-refractivity contribution in [1.82, 2.24) is 0 Å². The fourth-order valence-electron chi connectivity index (χ4n) is 12.0. The van der Waals surface area contributed by atoms with E-state index in [4.69, 9.17) is 37.0 Å². The molecular formula is C78H152O17P2. The summed E-state index contributed by atoms with van der Waals surface area (Å²) < 4.78 is 68.6. The first-order valence-electron chi connectivity index (χ1n) is 40.5. The van der Waals surface area contributed by atoms with Crippen LogP contribution in [0.25, 0.3) is 0 Å². The summed E-state index contributed by atoms with van der Waals surface area (Å²) in [5.41, 5.74) is 0. The number of rotatable bonds is 77. The van der Waals surface area contributed by atoms with Gasteiger partial charge in [0.15, 0.2) is 12.2 Å². The molecule has 0 aromatic rings. The Balaban J connectivity index is 5.26. The predicted molar refractivity (Wildman–Crippen MR) is 395 cm³/mol. The first-order chi connectivity index (χ1) is 46.9. The second kappa shape index (κ2) is 69.8. The minimum atomic E-state index is -4.96. The van der Waals surface area contributed by atoms with Gasteiger partial charge in [0.1, 0.15) is 19.3 Å². The lowest BCUT2D eigenvalue weighted by molar-refractivity contribution is -0.161. The maximum Gasteiger partial charge on any atom is 0.472 e. The van der Waals surface area contributed by atoms with Gasteiger partial charge in [-0.2, -0.15) is 0 Å². The Morgan fingerprint density at radius 1 is 0.278 bits per heavy atom. The van der Waals surface area contributed by atoms with Crippen LogP contribution in [-0.2, 0) is 65.4 Å². The SMILES string of the molecule is CCCCCCCCCCCCCCCCCCCC(=O)O[C@H](COC(=O)CCCCCCCCCCCCCC(C)C)COP(=O)(O)OC[C@@H](O)COP(=O)(O)OC[C@@H](COC(=O)CCCCCCCCCCCC(C)C)OC(=O)CCCCCCCCCCCCCCCC. The second-order valence-corrected chi connectivity index (χ2v) is 32.0. The van der Waals surface area contributed by atoms with Crippen LogP contribution in [0.1, 0.15) is 408 Å². The van der Waals surface area contributed by atoms with Gasteiger partial charge in [0, 0.05) is 25.7 Å². The Morgan fingerprint density at radius 3 is 0.701 bits per heavy atom. The van der Waals surface area contributed by atoms with Crippen LogP contribution in [0.3, 0.4) is 0 Å². The number of phosphoric acid groups is 2. The Kier molecular flexibility index (Phi) is 68.4. The topological polar surface area (TPSA) is 237 Å². The molecule has 0 aliphatic rings. The van der Waals surface area contributed by atoms with E-state index in [0.717, 1.165) is 102 Å². The van der Waals surface area contributed by atoms with E-state index in [1.54, 1.807) is 0 Å². The van der Waals surface area contributed by atoms with Crippen molar-refractivity contribution >= 4 is 39.5 Å². The summed E-state index contributed by atoms with van der Waals surface area (Å²) in [5, 5.41) is 10.6. The van der Waals surface area contributed by atoms with Crippen LogP contribution in [0.2, 0.25) is 0 Å². The molecule has 3 N–H and O–H groups in total. The van der Waals surface area contributed by atoms with E-state index in [0.29, 0.717) is 25.7 Å². The highest BCUT2D eigenvalue weighted by molar-refractivity contribution is 7.47. The number of esters is 4. The predicted octanol–water partition coefficient (Wildman–Crippen LogP) is 23.1. The van der Waals surface area contributed by atoms with Gasteiger partial charge < -0.3 is 33.8 Å². The molecule has 97 heavy (non-hydrogen) atoms. The molecule has 0 radical (unpaired) electrons. The highest BCUT2D eigenvalue weighted by atomic mass is 31.2. The van der Waals surface area contributed by atoms with Gasteiger partial charge in [0.05, 0.1) is 26.4 Å². The van der Waals surface area contributed by atoms with Crippen molar-refractivity contribution < 1.29 is 80.2 Å². The average Bonchev–Trinajstić information content (AvgIpc) is 1.19. The third-order valence-corrected chi connectivity index (χ3v) is 20.1. The van der Waals surface area contributed by atoms with Gasteiger partial charge >= 0.3 is 39.5 Å². The monoisotopic (exact) mass is 1420 g/mol. The quantitative estimate of drug-likeness (QED) is 0.0222. The van der Waals surface area contributed by atoms with Gasteiger partial charge in [-0.25, -0.2) is 9.13 Å². The average molecular weight is 1420 g/mol. The van der Waals surface area contributed by atoms with Crippen LogP contribution in [0.4, 0.5) is 0 Å². The van der Waals surface area contributed by atoms with Gasteiger partial charge in [0.2, 0.25) is 0 Å². The number of carbonyl (C=O) groups is 4. The Hall–Kier alpha value is -1.94. The van der Waals surface area contributed by atoms with Crippen molar-refractivity contribution in [3.8, 4) is 0 Å². The van der Waals surface area contributed by atoms with Crippen LogP contribution >= 0.6 is 15.6 Å². The summed E-state index contributed by atoms with van der Waals surface area (Å²) in [4.78, 5) is 72.9. The van der Waals surface area contributed by atoms with Crippen molar-refractivity contribution in [3.05, 3.63) is 0 Å². The number of hydrogen-bond donors (Lipinski definition) is 3. The molecule has 2 unspecified atom stereocenters. The van der Waals surface area contributed by atoms with Crippen LogP contribution in [-0.4, -0.2) is 96.7 Å². The molecule has 0 heterocycles. The number of aliphatic hydroxyl groups is 1. The van der Waals surface area contributed by atoms with E-state index in [9.17, 15) is 43.2 Å². The molecule has 0 bridgehead atoms. The zero-order valence-electron chi connectivity index (χ0n) is 63.4. The molecule has 0 saturated carbocycles. The van der Waals surface area contributed by atoms with Gasteiger partial charge in [0.25, 0.3) is 0 Å².